The number of carboxylic acid groups (broad SMARTS) is 1. The lowest BCUT2D eigenvalue weighted by atomic mass is 10.1. The van der Waals surface area contributed by atoms with Crippen LogP contribution in [0.1, 0.15) is 12.0 Å². The zero-order valence-electron chi connectivity index (χ0n) is 13.5. The van der Waals surface area contributed by atoms with Gasteiger partial charge in [-0.25, -0.2) is 4.79 Å². The van der Waals surface area contributed by atoms with E-state index in [0.29, 0.717) is 24.7 Å². The van der Waals surface area contributed by atoms with Gasteiger partial charge >= 0.3 is 12.0 Å². The zero-order valence-corrected chi connectivity index (χ0v) is 14.3. The number of urea groups is 1. The maximum Gasteiger partial charge on any atom is 0.315 e. The molecule has 1 heterocycles. The molecule has 0 spiro atoms. The van der Waals surface area contributed by atoms with Crippen LogP contribution in [0, 0.1) is 0 Å². The average molecular weight is 370 g/mol. The summed E-state index contributed by atoms with van der Waals surface area (Å²) in [5.74, 6) is -1.34. The molecule has 0 bridgehead atoms. The van der Waals surface area contributed by atoms with E-state index in [9.17, 15) is 14.4 Å². The highest BCUT2D eigenvalue weighted by Gasteiger charge is 2.29. The molecule has 0 radical (unpaired) electrons. The third kappa shape index (κ3) is 6.24. The molecule has 0 aromatic heterocycles. The van der Waals surface area contributed by atoms with Gasteiger partial charge < -0.3 is 25.4 Å². The Balaban J connectivity index is 1.76. The molecule has 136 valence electrons. The van der Waals surface area contributed by atoms with Crippen molar-refractivity contribution < 1.29 is 24.2 Å². The Kier molecular flexibility index (Phi) is 7.03. The van der Waals surface area contributed by atoms with Crippen LogP contribution < -0.4 is 10.6 Å². The molecule has 1 saturated heterocycles. The number of ether oxygens (including phenoxy) is 1. The van der Waals surface area contributed by atoms with E-state index in [-0.39, 0.29) is 25.5 Å². The highest BCUT2D eigenvalue weighted by atomic mass is 35.5. The van der Waals surface area contributed by atoms with Crippen molar-refractivity contribution in [2.75, 3.05) is 26.3 Å². The number of nitrogens with zero attached hydrogens (tertiary/aromatic N) is 1. The summed E-state index contributed by atoms with van der Waals surface area (Å²) < 4.78 is 5.22. The molecule has 1 aromatic rings. The lowest BCUT2D eigenvalue weighted by Crippen LogP contribution is -2.53. The summed E-state index contributed by atoms with van der Waals surface area (Å²) in [5.41, 5.74) is 0.876. The smallest absolute Gasteiger partial charge is 0.315 e. The predicted molar refractivity (Wildman–Crippen MR) is 90.3 cm³/mol. The fourth-order valence-corrected chi connectivity index (χ4v) is 2.58. The van der Waals surface area contributed by atoms with Gasteiger partial charge in [0.05, 0.1) is 32.2 Å². The monoisotopic (exact) mass is 369 g/mol. The average Bonchev–Trinajstić information content (AvgIpc) is 2.59. The number of morpholine rings is 1. The van der Waals surface area contributed by atoms with Gasteiger partial charge in [0.25, 0.3) is 0 Å². The predicted octanol–water partition coefficient (Wildman–Crippen LogP) is 0.841. The van der Waals surface area contributed by atoms with Gasteiger partial charge in [-0.3, -0.25) is 9.59 Å². The summed E-state index contributed by atoms with van der Waals surface area (Å²) >= 11 is 5.79. The summed E-state index contributed by atoms with van der Waals surface area (Å²) in [7, 11) is 0. The Morgan fingerprint density at radius 2 is 1.96 bits per heavy atom. The third-order valence-corrected chi connectivity index (χ3v) is 3.98. The summed E-state index contributed by atoms with van der Waals surface area (Å²) in [4.78, 5) is 36.3. The fourth-order valence-electron chi connectivity index (χ4n) is 2.46. The minimum absolute atomic E-state index is 0.181. The summed E-state index contributed by atoms with van der Waals surface area (Å²) in [5, 5.41) is 14.6. The van der Waals surface area contributed by atoms with E-state index >= 15 is 0 Å². The quantitative estimate of drug-likeness (QED) is 0.688. The van der Waals surface area contributed by atoms with E-state index in [0.717, 1.165) is 5.56 Å². The first-order valence-corrected chi connectivity index (χ1v) is 8.18. The number of amides is 3. The van der Waals surface area contributed by atoms with Crippen LogP contribution in [0.5, 0.6) is 0 Å². The number of carbonyl (C=O) groups is 3. The van der Waals surface area contributed by atoms with E-state index in [1.165, 1.54) is 4.90 Å². The Morgan fingerprint density at radius 3 is 2.64 bits per heavy atom. The van der Waals surface area contributed by atoms with Gasteiger partial charge in [-0.2, -0.15) is 0 Å². The third-order valence-electron chi connectivity index (χ3n) is 3.72. The van der Waals surface area contributed by atoms with Crippen LogP contribution in [0.25, 0.3) is 0 Å². The van der Waals surface area contributed by atoms with Crippen LogP contribution >= 0.6 is 11.6 Å². The summed E-state index contributed by atoms with van der Waals surface area (Å²) in [6.45, 7) is 0.940. The summed E-state index contributed by atoms with van der Waals surface area (Å²) in [6.07, 6.45) is -0.186. The molecule has 25 heavy (non-hydrogen) atoms. The van der Waals surface area contributed by atoms with Crippen molar-refractivity contribution in [2.45, 2.75) is 19.0 Å². The lowest BCUT2D eigenvalue weighted by Gasteiger charge is -2.34. The molecule has 1 aromatic carbocycles. The number of halogens is 1. The highest BCUT2D eigenvalue weighted by molar-refractivity contribution is 6.30. The number of hydrogen-bond donors (Lipinski definition) is 3. The first-order valence-electron chi connectivity index (χ1n) is 7.81. The van der Waals surface area contributed by atoms with Gasteiger partial charge in [-0.05, 0) is 17.7 Å². The molecular formula is C16H20ClN3O5. The molecule has 2 rings (SSSR count). The topological polar surface area (TPSA) is 108 Å². The number of nitrogens with one attached hydrogen (secondary N) is 2. The standard InChI is InChI=1S/C16H20ClN3O5/c17-12-3-1-11(2-4-12)8-18-16(24)19-9-14(21)20-5-6-25-10-13(20)7-15(22)23/h1-4,13H,5-10H2,(H,22,23)(H2,18,19,24). The van der Waals surface area contributed by atoms with E-state index < -0.39 is 18.0 Å². The van der Waals surface area contributed by atoms with Gasteiger partial charge in [0.15, 0.2) is 0 Å². The van der Waals surface area contributed by atoms with E-state index in [1.807, 2.05) is 0 Å². The van der Waals surface area contributed by atoms with Crippen molar-refractivity contribution in [1.82, 2.24) is 15.5 Å². The van der Waals surface area contributed by atoms with Crippen LogP contribution in [0.2, 0.25) is 5.02 Å². The van der Waals surface area contributed by atoms with Crippen molar-refractivity contribution >= 4 is 29.5 Å². The maximum absolute atomic E-state index is 12.2. The largest absolute Gasteiger partial charge is 0.481 e. The molecule has 1 aliphatic heterocycles. The Bertz CT molecular complexity index is 623. The summed E-state index contributed by atoms with van der Waals surface area (Å²) in [6, 6.07) is 6.03. The Morgan fingerprint density at radius 1 is 1.24 bits per heavy atom. The van der Waals surface area contributed by atoms with Crippen LogP contribution in [0.4, 0.5) is 4.79 Å². The molecule has 1 fully saturated rings. The second-order valence-corrected chi connectivity index (χ2v) is 6.01. The number of benzene rings is 1. The molecule has 8 nitrogen and oxygen atoms in total. The molecule has 0 aliphatic carbocycles. The number of carbonyl (C=O) groups excluding carboxylic acids is 2. The van der Waals surface area contributed by atoms with Crippen molar-refractivity contribution in [3.63, 3.8) is 0 Å². The molecule has 1 aliphatic rings. The number of aliphatic carboxylic acids is 1. The molecule has 3 N–H and O–H groups in total. The minimum Gasteiger partial charge on any atom is -0.481 e. The Labute approximate surface area is 150 Å². The first-order chi connectivity index (χ1) is 12.0. The Hall–Kier alpha value is -2.32. The molecular weight excluding hydrogens is 350 g/mol. The van der Waals surface area contributed by atoms with E-state index in [1.54, 1.807) is 24.3 Å². The second kappa shape index (κ2) is 9.24. The van der Waals surface area contributed by atoms with Crippen molar-refractivity contribution in [3.8, 4) is 0 Å². The van der Waals surface area contributed by atoms with E-state index in [2.05, 4.69) is 10.6 Å². The number of hydrogen-bond acceptors (Lipinski definition) is 4. The maximum atomic E-state index is 12.2. The number of rotatable bonds is 6. The minimum atomic E-state index is -0.998. The normalized spacial score (nSPS) is 17.0. The van der Waals surface area contributed by atoms with Crippen LogP contribution in [0.3, 0.4) is 0 Å². The molecule has 0 saturated carbocycles. The van der Waals surface area contributed by atoms with Crippen LogP contribution in [-0.4, -0.2) is 60.3 Å². The van der Waals surface area contributed by atoms with Crippen LogP contribution in [-0.2, 0) is 20.9 Å². The van der Waals surface area contributed by atoms with Crippen molar-refractivity contribution in [2.24, 2.45) is 0 Å². The van der Waals surface area contributed by atoms with Gasteiger partial charge in [0.2, 0.25) is 5.91 Å². The van der Waals surface area contributed by atoms with Crippen molar-refractivity contribution in [1.29, 1.82) is 0 Å². The molecule has 1 unspecified atom stereocenters. The van der Waals surface area contributed by atoms with E-state index in [4.69, 9.17) is 21.4 Å². The van der Waals surface area contributed by atoms with Crippen molar-refractivity contribution in [3.05, 3.63) is 34.9 Å². The second-order valence-electron chi connectivity index (χ2n) is 5.58. The molecule has 1 atom stereocenters. The highest BCUT2D eigenvalue weighted by Crippen LogP contribution is 2.11. The zero-order chi connectivity index (χ0) is 18.2. The molecule has 3 amide bonds. The van der Waals surface area contributed by atoms with Crippen LogP contribution in [0.15, 0.2) is 24.3 Å². The molecule has 9 heteroatoms. The van der Waals surface area contributed by atoms with Gasteiger partial charge in [-0.15, -0.1) is 0 Å². The van der Waals surface area contributed by atoms with Gasteiger partial charge in [0, 0.05) is 18.1 Å². The lowest BCUT2D eigenvalue weighted by molar-refractivity contribution is -0.145. The fraction of sp³-hybridized carbons (Fsp3) is 0.438. The van der Waals surface area contributed by atoms with Gasteiger partial charge in [-0.1, -0.05) is 23.7 Å². The first kappa shape index (κ1) is 19.0. The van der Waals surface area contributed by atoms with Gasteiger partial charge in [0.1, 0.15) is 0 Å². The number of carboxylic acids is 1. The SMILES string of the molecule is O=C(O)CC1COCCN1C(=O)CNC(=O)NCc1ccc(Cl)cc1.